The van der Waals surface area contributed by atoms with Gasteiger partial charge in [0.25, 0.3) is 17.5 Å². The molecule has 0 unspecified atom stereocenters. The van der Waals surface area contributed by atoms with Crippen LogP contribution >= 0.6 is 12.2 Å². The third-order valence-electron chi connectivity index (χ3n) is 5.87. The first-order valence-corrected chi connectivity index (χ1v) is 12.0. The summed E-state index contributed by atoms with van der Waals surface area (Å²) in [5.74, 6) is -0.620. The second-order valence-corrected chi connectivity index (χ2v) is 9.19. The van der Waals surface area contributed by atoms with Crippen molar-refractivity contribution in [2.24, 2.45) is 5.92 Å². The molecule has 0 aliphatic carbocycles. The molecule has 0 aromatic heterocycles. The van der Waals surface area contributed by atoms with Crippen LogP contribution in [0.25, 0.3) is 16.8 Å². The van der Waals surface area contributed by atoms with Gasteiger partial charge in [-0.3, -0.25) is 29.9 Å². The summed E-state index contributed by atoms with van der Waals surface area (Å²) in [6.07, 6.45) is 1.93. The van der Waals surface area contributed by atoms with E-state index in [1.807, 2.05) is 44.2 Å². The normalized spacial score (nSPS) is 14.9. The standard InChI is InChI=1S/C27H25N3O6S/c1-16(2)11-12-36-24-15-22(30(33)34)18(14-23(24)35-3)13-20-25(31)28-27(37)29(26(20)32)21-10-6-8-17-7-4-5-9-19(17)21/h4-10,13-16H,11-12H2,1-3H3,(H,28,31,37)/b20-13+. The maximum Gasteiger partial charge on any atom is 0.280 e. The van der Waals surface area contributed by atoms with Crippen molar-refractivity contribution in [1.82, 2.24) is 5.32 Å². The maximum absolute atomic E-state index is 13.6. The number of amides is 2. The zero-order valence-corrected chi connectivity index (χ0v) is 21.3. The van der Waals surface area contributed by atoms with Crippen LogP contribution in [0.15, 0.2) is 60.2 Å². The molecule has 4 rings (SSSR count). The molecule has 0 bridgehead atoms. The molecule has 0 radical (unpaired) electrons. The number of nitro benzene ring substituents is 1. The lowest BCUT2D eigenvalue weighted by Gasteiger charge is -2.29. The summed E-state index contributed by atoms with van der Waals surface area (Å²) in [6.45, 7) is 4.43. The topological polar surface area (TPSA) is 111 Å². The van der Waals surface area contributed by atoms with Crippen LogP contribution in [0.5, 0.6) is 11.5 Å². The van der Waals surface area contributed by atoms with Crippen molar-refractivity contribution in [2.75, 3.05) is 18.6 Å². The largest absolute Gasteiger partial charge is 0.493 e. The molecule has 2 amide bonds. The molecule has 9 nitrogen and oxygen atoms in total. The molecule has 1 saturated heterocycles. The molecule has 3 aromatic carbocycles. The molecule has 37 heavy (non-hydrogen) atoms. The highest BCUT2D eigenvalue weighted by molar-refractivity contribution is 7.80. The number of ether oxygens (including phenoxy) is 2. The Kier molecular flexibility index (Phi) is 7.49. The molecule has 190 valence electrons. The average Bonchev–Trinajstić information content (AvgIpc) is 2.86. The van der Waals surface area contributed by atoms with Crippen molar-refractivity contribution < 1.29 is 24.0 Å². The zero-order valence-electron chi connectivity index (χ0n) is 20.5. The number of carbonyl (C=O) groups excluding carboxylic acids is 2. The Hall–Kier alpha value is -4.31. The SMILES string of the molecule is COc1cc(/C=C2\C(=O)NC(=S)N(c3cccc4ccccc34)C2=O)c([N+](=O)[O-])cc1OCCC(C)C. The van der Waals surface area contributed by atoms with Crippen LogP contribution in [-0.4, -0.2) is 35.6 Å². The van der Waals surface area contributed by atoms with Gasteiger partial charge < -0.3 is 9.47 Å². The Bertz CT molecular complexity index is 1440. The number of methoxy groups -OCH3 is 1. The van der Waals surface area contributed by atoms with Crippen molar-refractivity contribution >= 4 is 57.4 Å². The summed E-state index contributed by atoms with van der Waals surface area (Å²) in [7, 11) is 1.41. The van der Waals surface area contributed by atoms with Gasteiger partial charge in [0.2, 0.25) is 0 Å². The molecular weight excluding hydrogens is 494 g/mol. The van der Waals surface area contributed by atoms with Crippen molar-refractivity contribution in [3.8, 4) is 11.5 Å². The summed E-state index contributed by atoms with van der Waals surface area (Å²) in [5, 5.41) is 16.0. The molecule has 1 heterocycles. The number of fused-ring (bicyclic) bond motifs is 1. The quantitative estimate of drug-likeness (QED) is 0.146. The summed E-state index contributed by atoms with van der Waals surface area (Å²) in [4.78, 5) is 38.9. The molecule has 1 fully saturated rings. The van der Waals surface area contributed by atoms with Crippen LogP contribution in [0, 0.1) is 16.0 Å². The molecule has 0 spiro atoms. The van der Waals surface area contributed by atoms with E-state index in [9.17, 15) is 19.7 Å². The zero-order chi connectivity index (χ0) is 26.7. The van der Waals surface area contributed by atoms with Crippen LogP contribution in [0.1, 0.15) is 25.8 Å². The van der Waals surface area contributed by atoms with Gasteiger partial charge in [-0.1, -0.05) is 50.2 Å². The van der Waals surface area contributed by atoms with Crippen LogP contribution in [0.3, 0.4) is 0 Å². The van der Waals surface area contributed by atoms with Crippen molar-refractivity contribution in [1.29, 1.82) is 0 Å². The van der Waals surface area contributed by atoms with Gasteiger partial charge in [0, 0.05) is 5.39 Å². The highest BCUT2D eigenvalue weighted by Crippen LogP contribution is 2.37. The van der Waals surface area contributed by atoms with Crippen LogP contribution < -0.4 is 19.7 Å². The molecule has 1 N–H and O–H groups in total. The number of hydrogen-bond acceptors (Lipinski definition) is 7. The van der Waals surface area contributed by atoms with Gasteiger partial charge in [0.1, 0.15) is 5.57 Å². The lowest BCUT2D eigenvalue weighted by atomic mass is 10.0. The van der Waals surface area contributed by atoms with Gasteiger partial charge >= 0.3 is 0 Å². The minimum atomic E-state index is -0.753. The van der Waals surface area contributed by atoms with Gasteiger partial charge in [-0.05, 0) is 48.2 Å². The minimum absolute atomic E-state index is 0.0160. The number of nitro groups is 1. The first kappa shape index (κ1) is 25.8. The van der Waals surface area contributed by atoms with E-state index < -0.39 is 16.7 Å². The first-order valence-electron chi connectivity index (χ1n) is 11.6. The monoisotopic (exact) mass is 519 g/mol. The van der Waals surface area contributed by atoms with Crippen LogP contribution in [-0.2, 0) is 9.59 Å². The van der Waals surface area contributed by atoms with Gasteiger partial charge in [-0.2, -0.15) is 0 Å². The van der Waals surface area contributed by atoms with Crippen molar-refractivity contribution in [3.63, 3.8) is 0 Å². The third-order valence-corrected chi connectivity index (χ3v) is 6.16. The predicted octanol–water partition coefficient (Wildman–Crippen LogP) is 5.01. The second-order valence-electron chi connectivity index (χ2n) is 8.81. The lowest BCUT2D eigenvalue weighted by molar-refractivity contribution is -0.385. The van der Waals surface area contributed by atoms with Crippen LogP contribution in [0.4, 0.5) is 11.4 Å². The van der Waals surface area contributed by atoms with Gasteiger partial charge in [-0.15, -0.1) is 0 Å². The Morgan fingerprint density at radius 2 is 1.84 bits per heavy atom. The lowest BCUT2D eigenvalue weighted by Crippen LogP contribution is -2.54. The fraction of sp³-hybridized carbons (Fsp3) is 0.222. The number of hydrogen-bond donors (Lipinski definition) is 1. The van der Waals surface area contributed by atoms with E-state index in [4.69, 9.17) is 21.7 Å². The number of rotatable bonds is 8. The fourth-order valence-electron chi connectivity index (χ4n) is 3.95. The van der Waals surface area contributed by atoms with Crippen molar-refractivity contribution in [2.45, 2.75) is 20.3 Å². The van der Waals surface area contributed by atoms with E-state index in [-0.39, 0.29) is 33.4 Å². The van der Waals surface area contributed by atoms with E-state index in [0.717, 1.165) is 17.2 Å². The van der Waals surface area contributed by atoms with E-state index >= 15 is 0 Å². The smallest absolute Gasteiger partial charge is 0.280 e. The first-order chi connectivity index (χ1) is 17.7. The number of anilines is 1. The third kappa shape index (κ3) is 5.29. The molecular formula is C27H25N3O6S. The number of nitrogens with zero attached hydrogens (tertiary/aromatic N) is 2. The Balaban J connectivity index is 1.78. The maximum atomic E-state index is 13.6. The molecule has 0 saturated carbocycles. The Morgan fingerprint density at radius 3 is 2.54 bits per heavy atom. The van der Waals surface area contributed by atoms with E-state index in [2.05, 4.69) is 5.32 Å². The molecule has 1 aliphatic heterocycles. The summed E-state index contributed by atoms with van der Waals surface area (Å²) >= 11 is 5.33. The van der Waals surface area contributed by atoms with Gasteiger partial charge in [-0.25, -0.2) is 0 Å². The highest BCUT2D eigenvalue weighted by Gasteiger charge is 2.36. The van der Waals surface area contributed by atoms with E-state index in [1.54, 1.807) is 12.1 Å². The summed E-state index contributed by atoms with van der Waals surface area (Å²) in [6, 6.07) is 15.5. The molecule has 3 aromatic rings. The summed E-state index contributed by atoms with van der Waals surface area (Å²) in [5.41, 5.74) is -0.138. The molecule has 0 atom stereocenters. The average molecular weight is 520 g/mol. The fourth-order valence-corrected chi connectivity index (χ4v) is 4.22. The van der Waals surface area contributed by atoms with Gasteiger partial charge in [0.05, 0.1) is 36.0 Å². The number of benzene rings is 3. The Morgan fingerprint density at radius 1 is 1.11 bits per heavy atom. The molecule has 10 heteroatoms. The number of carbonyl (C=O) groups is 2. The predicted molar refractivity (Wildman–Crippen MR) is 145 cm³/mol. The number of thiocarbonyl (C=S) groups is 1. The van der Waals surface area contributed by atoms with Gasteiger partial charge in [0.15, 0.2) is 16.6 Å². The highest BCUT2D eigenvalue weighted by atomic mass is 32.1. The molecule has 1 aliphatic rings. The Labute approximate surface area is 218 Å². The summed E-state index contributed by atoms with van der Waals surface area (Å²) < 4.78 is 11.1. The van der Waals surface area contributed by atoms with Crippen LogP contribution in [0.2, 0.25) is 0 Å². The van der Waals surface area contributed by atoms with E-state index in [1.165, 1.54) is 30.2 Å². The second kappa shape index (κ2) is 10.8. The number of nitrogens with one attached hydrogen (secondary N) is 1. The minimum Gasteiger partial charge on any atom is -0.493 e. The van der Waals surface area contributed by atoms with E-state index in [0.29, 0.717) is 18.2 Å². The van der Waals surface area contributed by atoms with Crippen molar-refractivity contribution in [3.05, 3.63) is 75.8 Å².